The van der Waals surface area contributed by atoms with Crippen LogP contribution in [0.15, 0.2) is 18.2 Å². The first-order chi connectivity index (χ1) is 8.69. The Labute approximate surface area is 108 Å². The summed E-state index contributed by atoms with van der Waals surface area (Å²) in [5.74, 6) is 1.27. The van der Waals surface area contributed by atoms with Crippen LogP contribution in [-0.4, -0.2) is 33.2 Å². The first kappa shape index (κ1) is 14.5. The van der Waals surface area contributed by atoms with Gasteiger partial charge in [0.05, 0.1) is 13.7 Å². The molecule has 4 heteroatoms. The molecule has 18 heavy (non-hydrogen) atoms. The summed E-state index contributed by atoms with van der Waals surface area (Å²) < 4.78 is 15.8. The van der Waals surface area contributed by atoms with Crippen molar-refractivity contribution in [2.24, 2.45) is 0 Å². The van der Waals surface area contributed by atoms with Gasteiger partial charge >= 0.3 is 0 Å². The topological polar surface area (TPSA) is 44.8 Å². The molecule has 0 amide bonds. The van der Waals surface area contributed by atoms with Gasteiger partial charge in [0.1, 0.15) is 0 Å². The summed E-state index contributed by atoms with van der Waals surface area (Å²) in [7, 11) is 3.25. The summed E-state index contributed by atoms with van der Waals surface area (Å²) in [6, 6.07) is 5.22. The van der Waals surface area contributed by atoms with Crippen LogP contribution in [0, 0.1) is 0 Å². The molecule has 0 aliphatic carbocycles. The number of ether oxygens (including phenoxy) is 3. The molecule has 0 aliphatic rings. The van der Waals surface area contributed by atoms with Gasteiger partial charge in [-0.05, 0) is 38.0 Å². The van der Waals surface area contributed by atoms with Crippen LogP contribution in [0.1, 0.15) is 30.1 Å². The summed E-state index contributed by atoms with van der Waals surface area (Å²) >= 11 is 0. The lowest BCUT2D eigenvalue weighted by Crippen LogP contribution is -2.02. The Hall–Kier alpha value is -1.55. The number of methoxy groups -OCH3 is 2. The molecular formula is C14H20O4. The van der Waals surface area contributed by atoms with Crippen molar-refractivity contribution < 1.29 is 19.0 Å². The number of Topliss-reactive ketones (excluding diaryl/α,β-unsaturated/α-hetero) is 1. The summed E-state index contributed by atoms with van der Waals surface area (Å²) in [6.07, 6.45) is 1.88. The number of benzene rings is 1. The van der Waals surface area contributed by atoms with E-state index >= 15 is 0 Å². The number of rotatable bonds is 8. The highest BCUT2D eigenvalue weighted by Crippen LogP contribution is 2.28. The molecular weight excluding hydrogens is 232 g/mol. The fraction of sp³-hybridized carbons (Fsp3) is 0.500. The monoisotopic (exact) mass is 252 g/mol. The SMILES string of the molecule is COCCCCOc1ccc(C(C)=O)cc1OC. The molecule has 0 bridgehead atoms. The van der Waals surface area contributed by atoms with Crippen LogP contribution >= 0.6 is 0 Å². The minimum Gasteiger partial charge on any atom is -0.493 e. The first-order valence-corrected chi connectivity index (χ1v) is 5.99. The second-order valence-corrected chi connectivity index (χ2v) is 3.97. The van der Waals surface area contributed by atoms with Gasteiger partial charge in [-0.1, -0.05) is 0 Å². The molecule has 0 saturated carbocycles. The van der Waals surface area contributed by atoms with Gasteiger partial charge in [-0.25, -0.2) is 0 Å². The molecule has 0 spiro atoms. The fourth-order valence-corrected chi connectivity index (χ4v) is 1.54. The quantitative estimate of drug-likeness (QED) is 0.527. The first-order valence-electron chi connectivity index (χ1n) is 5.99. The third-order valence-corrected chi connectivity index (χ3v) is 2.57. The van der Waals surface area contributed by atoms with E-state index in [-0.39, 0.29) is 5.78 Å². The molecule has 0 aliphatic heterocycles. The maximum Gasteiger partial charge on any atom is 0.161 e. The van der Waals surface area contributed by atoms with E-state index in [2.05, 4.69) is 0 Å². The highest BCUT2D eigenvalue weighted by Gasteiger charge is 2.07. The molecule has 0 N–H and O–H groups in total. The third kappa shape index (κ3) is 4.37. The van der Waals surface area contributed by atoms with Gasteiger partial charge in [-0.3, -0.25) is 4.79 Å². The van der Waals surface area contributed by atoms with Crippen molar-refractivity contribution in [1.29, 1.82) is 0 Å². The van der Waals surface area contributed by atoms with E-state index in [1.54, 1.807) is 32.4 Å². The number of carbonyl (C=O) groups is 1. The second kappa shape index (κ2) is 7.71. The van der Waals surface area contributed by atoms with Crippen molar-refractivity contribution in [2.75, 3.05) is 27.4 Å². The number of hydrogen-bond donors (Lipinski definition) is 0. The van der Waals surface area contributed by atoms with Crippen molar-refractivity contribution in [3.8, 4) is 11.5 Å². The van der Waals surface area contributed by atoms with Crippen LogP contribution in [0.5, 0.6) is 11.5 Å². The van der Waals surface area contributed by atoms with E-state index in [9.17, 15) is 4.79 Å². The van der Waals surface area contributed by atoms with Crippen LogP contribution in [0.25, 0.3) is 0 Å². The predicted octanol–water partition coefficient (Wildman–Crippen LogP) is 2.70. The molecule has 0 atom stereocenters. The smallest absolute Gasteiger partial charge is 0.161 e. The molecule has 1 aromatic rings. The largest absolute Gasteiger partial charge is 0.493 e. The Balaban J connectivity index is 2.57. The van der Waals surface area contributed by atoms with E-state index in [1.807, 2.05) is 0 Å². The molecule has 4 nitrogen and oxygen atoms in total. The van der Waals surface area contributed by atoms with Crippen LogP contribution in [0.4, 0.5) is 0 Å². The average molecular weight is 252 g/mol. The van der Waals surface area contributed by atoms with Crippen molar-refractivity contribution >= 4 is 5.78 Å². The Bertz CT molecular complexity index is 387. The summed E-state index contributed by atoms with van der Waals surface area (Å²) in [5.41, 5.74) is 0.624. The molecule has 100 valence electrons. The lowest BCUT2D eigenvalue weighted by atomic mass is 10.1. The maximum atomic E-state index is 11.2. The summed E-state index contributed by atoms with van der Waals surface area (Å²) in [5, 5.41) is 0. The molecule has 0 fully saturated rings. The molecule has 1 aromatic carbocycles. The maximum absolute atomic E-state index is 11.2. The van der Waals surface area contributed by atoms with Gasteiger partial charge in [0, 0.05) is 19.3 Å². The number of carbonyl (C=O) groups excluding carboxylic acids is 1. The normalized spacial score (nSPS) is 10.2. The lowest BCUT2D eigenvalue weighted by molar-refractivity contribution is 0.101. The van der Waals surface area contributed by atoms with Gasteiger partial charge < -0.3 is 14.2 Å². The van der Waals surface area contributed by atoms with Gasteiger partial charge in [-0.15, -0.1) is 0 Å². The highest BCUT2D eigenvalue weighted by molar-refractivity contribution is 5.94. The zero-order valence-corrected chi connectivity index (χ0v) is 11.2. The van der Waals surface area contributed by atoms with Gasteiger partial charge in [-0.2, -0.15) is 0 Å². The van der Waals surface area contributed by atoms with E-state index in [4.69, 9.17) is 14.2 Å². The standard InChI is InChI=1S/C14H20O4/c1-11(15)12-6-7-13(14(10-12)17-3)18-9-5-4-8-16-2/h6-7,10H,4-5,8-9H2,1-3H3. The average Bonchev–Trinajstić information content (AvgIpc) is 2.38. The van der Waals surface area contributed by atoms with Crippen LogP contribution in [0.2, 0.25) is 0 Å². The van der Waals surface area contributed by atoms with Gasteiger partial charge in [0.25, 0.3) is 0 Å². The van der Waals surface area contributed by atoms with Crippen molar-refractivity contribution in [3.05, 3.63) is 23.8 Å². The summed E-state index contributed by atoms with van der Waals surface area (Å²) in [6.45, 7) is 2.88. The van der Waals surface area contributed by atoms with Crippen molar-refractivity contribution in [3.63, 3.8) is 0 Å². The molecule has 0 saturated heterocycles. The Morgan fingerprint density at radius 2 is 1.83 bits per heavy atom. The Kier molecular flexibility index (Phi) is 6.22. The zero-order chi connectivity index (χ0) is 13.4. The Morgan fingerprint density at radius 3 is 2.44 bits per heavy atom. The minimum atomic E-state index is 0.0138. The van der Waals surface area contributed by atoms with Crippen molar-refractivity contribution in [2.45, 2.75) is 19.8 Å². The van der Waals surface area contributed by atoms with Crippen LogP contribution in [0.3, 0.4) is 0 Å². The fourth-order valence-electron chi connectivity index (χ4n) is 1.54. The van der Waals surface area contributed by atoms with E-state index < -0.39 is 0 Å². The zero-order valence-electron chi connectivity index (χ0n) is 11.2. The molecule has 0 heterocycles. The van der Waals surface area contributed by atoms with E-state index in [0.717, 1.165) is 19.4 Å². The second-order valence-electron chi connectivity index (χ2n) is 3.97. The number of hydrogen-bond acceptors (Lipinski definition) is 4. The van der Waals surface area contributed by atoms with Crippen molar-refractivity contribution in [1.82, 2.24) is 0 Å². The Morgan fingerprint density at radius 1 is 1.11 bits per heavy atom. The molecule has 0 aromatic heterocycles. The van der Waals surface area contributed by atoms with Gasteiger partial charge in [0.2, 0.25) is 0 Å². The third-order valence-electron chi connectivity index (χ3n) is 2.57. The van der Waals surface area contributed by atoms with Gasteiger partial charge in [0.15, 0.2) is 17.3 Å². The van der Waals surface area contributed by atoms with Crippen LogP contribution < -0.4 is 9.47 Å². The summed E-state index contributed by atoms with van der Waals surface area (Å²) in [4.78, 5) is 11.2. The molecule has 1 rings (SSSR count). The number of unbranched alkanes of at least 4 members (excludes halogenated alkanes) is 1. The predicted molar refractivity (Wildman–Crippen MR) is 69.6 cm³/mol. The van der Waals surface area contributed by atoms with E-state index in [0.29, 0.717) is 23.7 Å². The lowest BCUT2D eigenvalue weighted by Gasteiger charge is -2.11. The van der Waals surface area contributed by atoms with Crippen LogP contribution in [-0.2, 0) is 4.74 Å². The van der Waals surface area contributed by atoms with E-state index in [1.165, 1.54) is 6.92 Å². The molecule has 0 radical (unpaired) electrons. The molecule has 0 unspecified atom stereocenters. The number of ketones is 1. The minimum absolute atomic E-state index is 0.0138. The highest BCUT2D eigenvalue weighted by atomic mass is 16.5.